The maximum absolute atomic E-state index is 12.5. The molecule has 1 aliphatic rings. The van der Waals surface area contributed by atoms with Gasteiger partial charge >= 0.3 is 0 Å². The summed E-state index contributed by atoms with van der Waals surface area (Å²) in [5.74, 6) is 0.157. The fraction of sp³-hybridized carbons (Fsp3) is 0.500. The predicted molar refractivity (Wildman–Crippen MR) is 72.6 cm³/mol. The average Bonchev–Trinajstić information content (AvgIpc) is 2.45. The summed E-state index contributed by atoms with van der Waals surface area (Å²) in [6, 6.07) is 7.88. The van der Waals surface area contributed by atoms with Crippen LogP contribution in [0.5, 0.6) is 0 Å². The molecule has 1 amide bonds. The van der Waals surface area contributed by atoms with Crippen molar-refractivity contribution < 1.29 is 4.79 Å². The maximum Gasteiger partial charge on any atom is 0.254 e. The van der Waals surface area contributed by atoms with E-state index in [0.717, 1.165) is 50.4 Å². The summed E-state index contributed by atoms with van der Waals surface area (Å²) in [6.07, 6.45) is 0. The van der Waals surface area contributed by atoms with Crippen LogP contribution < -0.4 is 10.6 Å². The third-order valence-electron chi connectivity index (χ3n) is 3.22. The number of carbonyl (C=O) groups excluding carboxylic acids is 1. The van der Waals surface area contributed by atoms with Crippen molar-refractivity contribution in [2.24, 2.45) is 0 Å². The van der Waals surface area contributed by atoms with Gasteiger partial charge in [0.2, 0.25) is 0 Å². The van der Waals surface area contributed by atoms with Gasteiger partial charge in [-0.15, -0.1) is 0 Å². The van der Waals surface area contributed by atoms with E-state index < -0.39 is 0 Å². The van der Waals surface area contributed by atoms with Crippen LogP contribution in [0.4, 0.5) is 0 Å². The lowest BCUT2D eigenvalue weighted by Gasteiger charge is -2.28. The Kier molecular flexibility index (Phi) is 4.73. The van der Waals surface area contributed by atoms with Gasteiger partial charge in [0.1, 0.15) is 0 Å². The molecule has 2 rings (SSSR count). The summed E-state index contributed by atoms with van der Waals surface area (Å²) >= 11 is 0. The standard InChI is InChI=1S/C14H21N3O/c1-2-15-11-12-5-3-4-6-13(12)14(18)17-9-7-16-8-10-17/h3-6,15-16H,2,7-11H2,1H3. The molecule has 1 aromatic rings. The molecule has 0 unspecified atom stereocenters. The van der Waals surface area contributed by atoms with Crippen LogP contribution in [0, 0.1) is 0 Å². The molecular weight excluding hydrogens is 226 g/mol. The Balaban J connectivity index is 2.12. The lowest BCUT2D eigenvalue weighted by molar-refractivity contribution is 0.0734. The van der Waals surface area contributed by atoms with Crippen LogP contribution in [0.1, 0.15) is 22.8 Å². The normalized spacial score (nSPS) is 15.7. The first-order chi connectivity index (χ1) is 8.83. The number of piperazine rings is 1. The van der Waals surface area contributed by atoms with E-state index in [4.69, 9.17) is 0 Å². The molecule has 4 heteroatoms. The summed E-state index contributed by atoms with van der Waals surface area (Å²) < 4.78 is 0. The van der Waals surface area contributed by atoms with Crippen molar-refractivity contribution in [3.8, 4) is 0 Å². The highest BCUT2D eigenvalue weighted by atomic mass is 16.2. The monoisotopic (exact) mass is 247 g/mol. The van der Waals surface area contributed by atoms with Gasteiger partial charge in [-0.1, -0.05) is 25.1 Å². The van der Waals surface area contributed by atoms with E-state index in [1.54, 1.807) is 0 Å². The van der Waals surface area contributed by atoms with Gasteiger partial charge < -0.3 is 15.5 Å². The molecule has 1 fully saturated rings. The van der Waals surface area contributed by atoms with Crippen LogP contribution in [0.3, 0.4) is 0 Å². The second kappa shape index (κ2) is 6.52. The summed E-state index contributed by atoms with van der Waals surface area (Å²) in [6.45, 7) is 7.12. The van der Waals surface area contributed by atoms with Gasteiger partial charge in [0, 0.05) is 38.3 Å². The fourth-order valence-electron chi connectivity index (χ4n) is 2.18. The maximum atomic E-state index is 12.5. The van der Waals surface area contributed by atoms with Crippen LogP contribution in [-0.4, -0.2) is 43.5 Å². The van der Waals surface area contributed by atoms with E-state index in [1.165, 1.54) is 0 Å². The molecule has 0 saturated carbocycles. The highest BCUT2D eigenvalue weighted by Crippen LogP contribution is 2.12. The van der Waals surface area contributed by atoms with Crippen molar-refractivity contribution >= 4 is 5.91 Å². The zero-order valence-corrected chi connectivity index (χ0v) is 10.9. The van der Waals surface area contributed by atoms with Crippen LogP contribution in [0.25, 0.3) is 0 Å². The van der Waals surface area contributed by atoms with Crippen molar-refractivity contribution in [3.05, 3.63) is 35.4 Å². The second-order valence-corrected chi connectivity index (χ2v) is 4.48. The lowest BCUT2D eigenvalue weighted by atomic mass is 10.1. The van der Waals surface area contributed by atoms with Gasteiger partial charge in [0.15, 0.2) is 0 Å². The highest BCUT2D eigenvalue weighted by Gasteiger charge is 2.19. The van der Waals surface area contributed by atoms with E-state index in [9.17, 15) is 4.79 Å². The first-order valence-electron chi connectivity index (χ1n) is 6.61. The Morgan fingerprint density at radius 1 is 1.33 bits per heavy atom. The third-order valence-corrected chi connectivity index (χ3v) is 3.22. The number of benzene rings is 1. The molecule has 1 heterocycles. The van der Waals surface area contributed by atoms with Crippen molar-refractivity contribution in [3.63, 3.8) is 0 Å². The third kappa shape index (κ3) is 3.09. The van der Waals surface area contributed by atoms with Crippen molar-refractivity contribution in [2.45, 2.75) is 13.5 Å². The van der Waals surface area contributed by atoms with E-state index >= 15 is 0 Å². The number of amides is 1. The minimum atomic E-state index is 0.157. The number of carbonyl (C=O) groups is 1. The first-order valence-corrected chi connectivity index (χ1v) is 6.61. The SMILES string of the molecule is CCNCc1ccccc1C(=O)N1CCNCC1. The number of rotatable bonds is 4. The zero-order chi connectivity index (χ0) is 12.8. The van der Waals surface area contributed by atoms with Gasteiger partial charge in [0.25, 0.3) is 5.91 Å². The molecule has 98 valence electrons. The molecule has 0 atom stereocenters. The molecular formula is C14H21N3O. The fourth-order valence-corrected chi connectivity index (χ4v) is 2.18. The average molecular weight is 247 g/mol. The molecule has 0 spiro atoms. The Morgan fingerprint density at radius 3 is 2.78 bits per heavy atom. The van der Waals surface area contributed by atoms with E-state index in [1.807, 2.05) is 29.2 Å². The summed E-state index contributed by atoms with van der Waals surface area (Å²) in [4.78, 5) is 14.4. The van der Waals surface area contributed by atoms with Gasteiger partial charge in [-0.25, -0.2) is 0 Å². The minimum absolute atomic E-state index is 0.157. The van der Waals surface area contributed by atoms with E-state index in [2.05, 4.69) is 17.6 Å². The van der Waals surface area contributed by atoms with Crippen molar-refractivity contribution in [1.29, 1.82) is 0 Å². The number of nitrogens with zero attached hydrogens (tertiary/aromatic N) is 1. The molecule has 0 radical (unpaired) electrons. The quantitative estimate of drug-likeness (QED) is 0.829. The lowest BCUT2D eigenvalue weighted by Crippen LogP contribution is -2.46. The van der Waals surface area contributed by atoms with Crippen LogP contribution in [0.15, 0.2) is 24.3 Å². The molecule has 1 aromatic carbocycles. The van der Waals surface area contributed by atoms with Crippen molar-refractivity contribution in [2.75, 3.05) is 32.7 Å². The van der Waals surface area contributed by atoms with Crippen LogP contribution in [0.2, 0.25) is 0 Å². The van der Waals surface area contributed by atoms with Gasteiger partial charge in [-0.3, -0.25) is 4.79 Å². The molecule has 0 bridgehead atoms. The zero-order valence-electron chi connectivity index (χ0n) is 10.9. The Hall–Kier alpha value is -1.39. The number of hydrogen-bond acceptors (Lipinski definition) is 3. The molecule has 1 aliphatic heterocycles. The first kappa shape index (κ1) is 13.1. The molecule has 1 saturated heterocycles. The van der Waals surface area contributed by atoms with Crippen LogP contribution in [-0.2, 0) is 6.54 Å². The number of hydrogen-bond donors (Lipinski definition) is 2. The summed E-state index contributed by atoms with van der Waals surface area (Å²) in [7, 11) is 0. The Morgan fingerprint density at radius 2 is 2.06 bits per heavy atom. The molecule has 0 aromatic heterocycles. The Labute approximate surface area is 108 Å². The molecule has 18 heavy (non-hydrogen) atoms. The van der Waals surface area contributed by atoms with Crippen molar-refractivity contribution in [1.82, 2.24) is 15.5 Å². The Bertz CT molecular complexity index is 400. The number of nitrogens with one attached hydrogen (secondary N) is 2. The highest BCUT2D eigenvalue weighted by molar-refractivity contribution is 5.95. The second-order valence-electron chi connectivity index (χ2n) is 4.48. The largest absolute Gasteiger partial charge is 0.336 e. The van der Waals surface area contributed by atoms with E-state index in [-0.39, 0.29) is 5.91 Å². The smallest absolute Gasteiger partial charge is 0.254 e. The topological polar surface area (TPSA) is 44.4 Å². The molecule has 4 nitrogen and oxygen atoms in total. The summed E-state index contributed by atoms with van der Waals surface area (Å²) in [5.41, 5.74) is 1.92. The molecule has 2 N–H and O–H groups in total. The van der Waals surface area contributed by atoms with E-state index in [0.29, 0.717) is 0 Å². The van der Waals surface area contributed by atoms with Crippen LogP contribution >= 0.6 is 0 Å². The summed E-state index contributed by atoms with van der Waals surface area (Å²) in [5, 5.41) is 6.54. The molecule has 0 aliphatic carbocycles. The van der Waals surface area contributed by atoms with Gasteiger partial charge in [-0.2, -0.15) is 0 Å². The minimum Gasteiger partial charge on any atom is -0.336 e. The van der Waals surface area contributed by atoms with Gasteiger partial charge in [-0.05, 0) is 18.2 Å². The predicted octanol–water partition coefficient (Wildman–Crippen LogP) is 0.841. The van der Waals surface area contributed by atoms with Gasteiger partial charge in [0.05, 0.1) is 0 Å².